The molecule has 1 saturated heterocycles. The first-order valence-electron chi connectivity index (χ1n) is 6.54. The molecule has 0 N–H and O–H groups in total. The monoisotopic (exact) mass is 297 g/mol. The van der Waals surface area contributed by atoms with E-state index in [9.17, 15) is 13.2 Å². The SMILES string of the molecule is CCS(=O)(=O)C1CN(C(=O)c2ccc(OC)c(C)c2)C1. The van der Waals surface area contributed by atoms with Crippen molar-refractivity contribution in [1.82, 2.24) is 4.90 Å². The fraction of sp³-hybridized carbons (Fsp3) is 0.500. The van der Waals surface area contributed by atoms with Crippen LogP contribution in [0.4, 0.5) is 0 Å². The van der Waals surface area contributed by atoms with E-state index in [1.807, 2.05) is 6.92 Å². The van der Waals surface area contributed by atoms with Crippen LogP contribution in [-0.2, 0) is 9.84 Å². The lowest BCUT2D eigenvalue weighted by atomic mass is 10.1. The number of carbonyl (C=O) groups excluding carboxylic acids is 1. The molecule has 1 heterocycles. The molecule has 1 aliphatic heterocycles. The van der Waals surface area contributed by atoms with E-state index in [2.05, 4.69) is 0 Å². The van der Waals surface area contributed by atoms with E-state index in [-0.39, 0.29) is 11.7 Å². The average Bonchev–Trinajstić information content (AvgIpc) is 2.36. The fourth-order valence-electron chi connectivity index (χ4n) is 2.26. The summed E-state index contributed by atoms with van der Waals surface area (Å²) in [6.07, 6.45) is 0. The summed E-state index contributed by atoms with van der Waals surface area (Å²) in [5, 5.41) is -0.407. The Morgan fingerprint density at radius 2 is 2.05 bits per heavy atom. The van der Waals surface area contributed by atoms with E-state index in [1.54, 1.807) is 37.1 Å². The lowest BCUT2D eigenvalue weighted by Crippen LogP contribution is -2.57. The van der Waals surface area contributed by atoms with Crippen molar-refractivity contribution in [1.29, 1.82) is 0 Å². The number of ether oxygens (including phenoxy) is 1. The quantitative estimate of drug-likeness (QED) is 0.839. The Kier molecular flexibility index (Phi) is 4.04. The summed E-state index contributed by atoms with van der Waals surface area (Å²) in [7, 11) is -1.46. The van der Waals surface area contributed by atoms with Gasteiger partial charge in [0.1, 0.15) is 5.75 Å². The molecule has 0 aromatic heterocycles. The van der Waals surface area contributed by atoms with Gasteiger partial charge < -0.3 is 9.64 Å². The van der Waals surface area contributed by atoms with Gasteiger partial charge in [-0.3, -0.25) is 4.79 Å². The maximum atomic E-state index is 12.2. The van der Waals surface area contributed by atoms with Gasteiger partial charge in [0.2, 0.25) is 0 Å². The number of carbonyl (C=O) groups is 1. The van der Waals surface area contributed by atoms with Crippen molar-refractivity contribution in [2.45, 2.75) is 19.1 Å². The highest BCUT2D eigenvalue weighted by molar-refractivity contribution is 7.92. The maximum Gasteiger partial charge on any atom is 0.253 e. The number of nitrogens with zero attached hydrogens (tertiary/aromatic N) is 1. The molecule has 6 heteroatoms. The molecule has 1 aromatic rings. The minimum Gasteiger partial charge on any atom is -0.496 e. The van der Waals surface area contributed by atoms with Crippen molar-refractivity contribution in [2.24, 2.45) is 0 Å². The van der Waals surface area contributed by atoms with Gasteiger partial charge in [0.05, 0.1) is 12.4 Å². The number of hydrogen-bond acceptors (Lipinski definition) is 4. The van der Waals surface area contributed by atoms with E-state index in [0.29, 0.717) is 18.7 Å². The van der Waals surface area contributed by atoms with Crippen LogP contribution in [0.3, 0.4) is 0 Å². The lowest BCUT2D eigenvalue weighted by Gasteiger charge is -2.38. The molecule has 20 heavy (non-hydrogen) atoms. The minimum absolute atomic E-state index is 0.126. The second kappa shape index (κ2) is 5.44. The summed E-state index contributed by atoms with van der Waals surface area (Å²) < 4.78 is 28.5. The van der Waals surface area contributed by atoms with Gasteiger partial charge in [0, 0.05) is 24.4 Å². The summed E-state index contributed by atoms with van der Waals surface area (Å²) in [6, 6.07) is 5.22. The van der Waals surface area contributed by atoms with Crippen LogP contribution in [0.25, 0.3) is 0 Å². The van der Waals surface area contributed by atoms with E-state index < -0.39 is 15.1 Å². The molecular formula is C14H19NO4S. The van der Waals surface area contributed by atoms with Gasteiger partial charge >= 0.3 is 0 Å². The molecule has 1 aliphatic rings. The zero-order valence-electron chi connectivity index (χ0n) is 11.9. The number of methoxy groups -OCH3 is 1. The van der Waals surface area contributed by atoms with E-state index >= 15 is 0 Å². The van der Waals surface area contributed by atoms with Gasteiger partial charge in [0.15, 0.2) is 9.84 Å². The van der Waals surface area contributed by atoms with E-state index in [1.165, 1.54) is 0 Å². The molecule has 110 valence electrons. The Hall–Kier alpha value is -1.56. The number of amides is 1. The Morgan fingerprint density at radius 3 is 2.55 bits per heavy atom. The molecule has 0 bridgehead atoms. The molecule has 2 rings (SSSR count). The summed E-state index contributed by atoms with van der Waals surface area (Å²) in [6.45, 7) is 4.09. The molecule has 0 atom stereocenters. The predicted molar refractivity (Wildman–Crippen MR) is 76.9 cm³/mol. The first-order chi connectivity index (χ1) is 9.39. The van der Waals surface area contributed by atoms with Crippen molar-refractivity contribution in [2.75, 3.05) is 26.0 Å². The highest BCUT2D eigenvalue weighted by Gasteiger charge is 2.38. The molecule has 0 spiro atoms. The summed E-state index contributed by atoms with van der Waals surface area (Å²) in [5.74, 6) is 0.733. The van der Waals surface area contributed by atoms with Gasteiger partial charge in [-0.2, -0.15) is 0 Å². The van der Waals surface area contributed by atoms with Gasteiger partial charge in [-0.1, -0.05) is 6.92 Å². The average molecular weight is 297 g/mol. The molecule has 0 radical (unpaired) electrons. The van der Waals surface area contributed by atoms with Crippen LogP contribution in [0, 0.1) is 6.92 Å². The van der Waals surface area contributed by atoms with Crippen LogP contribution in [-0.4, -0.2) is 50.4 Å². The number of sulfone groups is 1. The van der Waals surface area contributed by atoms with Crippen LogP contribution in [0.5, 0.6) is 5.75 Å². The predicted octanol–water partition coefficient (Wildman–Crippen LogP) is 1.26. The summed E-state index contributed by atoms with van der Waals surface area (Å²) in [4.78, 5) is 13.8. The fourth-order valence-corrected chi connectivity index (χ4v) is 3.55. The Bertz CT molecular complexity index is 618. The zero-order chi connectivity index (χ0) is 14.9. The van der Waals surface area contributed by atoms with Crippen LogP contribution >= 0.6 is 0 Å². The van der Waals surface area contributed by atoms with Crippen molar-refractivity contribution >= 4 is 15.7 Å². The van der Waals surface area contributed by atoms with E-state index in [0.717, 1.165) is 11.3 Å². The van der Waals surface area contributed by atoms with Crippen LogP contribution in [0.15, 0.2) is 18.2 Å². The normalized spacial score (nSPS) is 15.8. The third-order valence-corrected chi connectivity index (χ3v) is 5.81. The van der Waals surface area contributed by atoms with Crippen LogP contribution in [0.2, 0.25) is 0 Å². The molecule has 5 nitrogen and oxygen atoms in total. The Morgan fingerprint density at radius 1 is 1.40 bits per heavy atom. The first-order valence-corrected chi connectivity index (χ1v) is 8.26. The van der Waals surface area contributed by atoms with Crippen molar-refractivity contribution in [3.63, 3.8) is 0 Å². The third-order valence-electron chi connectivity index (χ3n) is 3.69. The Labute approximate surface area is 119 Å². The molecule has 1 aromatic carbocycles. The number of likely N-dealkylation sites (tertiary alicyclic amines) is 1. The summed E-state index contributed by atoms with van der Waals surface area (Å²) >= 11 is 0. The van der Waals surface area contributed by atoms with Crippen molar-refractivity contribution in [3.8, 4) is 5.75 Å². The summed E-state index contributed by atoms with van der Waals surface area (Å²) in [5.41, 5.74) is 1.45. The Balaban J connectivity index is 2.06. The first kappa shape index (κ1) is 14.8. The molecule has 1 amide bonds. The highest BCUT2D eigenvalue weighted by atomic mass is 32.2. The molecule has 0 saturated carbocycles. The minimum atomic E-state index is -3.04. The van der Waals surface area contributed by atoms with Gasteiger partial charge in [-0.15, -0.1) is 0 Å². The van der Waals surface area contributed by atoms with Gasteiger partial charge in [0.25, 0.3) is 5.91 Å². The molecular weight excluding hydrogens is 278 g/mol. The number of aryl methyl sites for hydroxylation is 1. The third kappa shape index (κ3) is 2.65. The van der Waals surface area contributed by atoms with Crippen LogP contribution < -0.4 is 4.74 Å². The second-order valence-electron chi connectivity index (χ2n) is 4.97. The molecule has 1 fully saturated rings. The lowest BCUT2D eigenvalue weighted by molar-refractivity contribution is 0.0659. The zero-order valence-corrected chi connectivity index (χ0v) is 12.7. The van der Waals surface area contributed by atoms with Crippen molar-refractivity contribution < 1.29 is 17.9 Å². The number of hydrogen-bond donors (Lipinski definition) is 0. The largest absolute Gasteiger partial charge is 0.496 e. The van der Waals surface area contributed by atoms with Crippen LogP contribution in [0.1, 0.15) is 22.8 Å². The smallest absolute Gasteiger partial charge is 0.253 e. The molecule has 0 aliphatic carbocycles. The van der Waals surface area contributed by atoms with Gasteiger partial charge in [-0.25, -0.2) is 8.42 Å². The second-order valence-corrected chi connectivity index (χ2v) is 7.54. The highest BCUT2D eigenvalue weighted by Crippen LogP contribution is 2.23. The van der Waals surface area contributed by atoms with E-state index in [4.69, 9.17) is 4.74 Å². The standard InChI is InChI=1S/C14H19NO4S/c1-4-20(17,18)12-8-15(9-12)14(16)11-5-6-13(19-3)10(2)7-11/h5-7,12H,4,8-9H2,1-3H3. The van der Waals surface area contributed by atoms with Crippen molar-refractivity contribution in [3.05, 3.63) is 29.3 Å². The topological polar surface area (TPSA) is 63.7 Å². The molecule has 0 unspecified atom stereocenters. The number of rotatable bonds is 4. The van der Waals surface area contributed by atoms with Gasteiger partial charge in [-0.05, 0) is 30.7 Å². The number of benzene rings is 1. The maximum absolute atomic E-state index is 12.2.